The molecule has 3 rings (SSSR count). The van der Waals surface area contributed by atoms with Crippen molar-refractivity contribution in [3.63, 3.8) is 0 Å². The molecule has 118 valence electrons. The minimum atomic E-state index is -0.492. The molecule has 2 aromatic rings. The molecular weight excluding hydrogens is 282 g/mol. The van der Waals surface area contributed by atoms with Crippen LogP contribution in [0.3, 0.4) is 0 Å². The molecule has 6 nitrogen and oxygen atoms in total. The summed E-state index contributed by atoms with van der Waals surface area (Å²) >= 11 is 0. The number of hydrogen-bond donors (Lipinski definition) is 1. The summed E-state index contributed by atoms with van der Waals surface area (Å²) in [5.41, 5.74) is 1.11. The van der Waals surface area contributed by atoms with E-state index >= 15 is 0 Å². The van der Waals surface area contributed by atoms with Gasteiger partial charge in [-0.1, -0.05) is 0 Å². The minimum absolute atomic E-state index is 0.139. The topological polar surface area (TPSA) is 66.8 Å². The standard InChI is InChI=1S/C16H21N3O3/c1-16(2,3)22-15(21)18-8-6-11(10-18)13-9-12-5-4-7-19(12)14(20)17-13/h4-5,7,9,11H,6,8,10H2,1-3H3,(H,17,20). The fourth-order valence-corrected chi connectivity index (χ4v) is 2.80. The Bertz CT molecular complexity index is 754. The molecule has 1 aliphatic rings. The molecule has 0 radical (unpaired) electrons. The molecule has 2 aromatic heterocycles. The number of fused-ring (bicyclic) bond motifs is 1. The van der Waals surface area contributed by atoms with Gasteiger partial charge in [0.05, 0.1) is 5.52 Å². The normalized spacial score (nSPS) is 18.9. The second-order valence-electron chi connectivity index (χ2n) is 6.74. The quantitative estimate of drug-likeness (QED) is 0.879. The van der Waals surface area contributed by atoms with E-state index in [0.717, 1.165) is 17.6 Å². The lowest BCUT2D eigenvalue weighted by Crippen LogP contribution is -2.35. The van der Waals surface area contributed by atoms with Gasteiger partial charge in [-0.25, -0.2) is 9.59 Å². The summed E-state index contributed by atoms with van der Waals surface area (Å²) in [6, 6.07) is 5.72. The first-order valence-corrected chi connectivity index (χ1v) is 7.52. The molecule has 0 aromatic carbocycles. The number of nitrogens with zero attached hydrogens (tertiary/aromatic N) is 2. The number of H-pyrrole nitrogens is 1. The number of likely N-dealkylation sites (tertiary alicyclic amines) is 1. The number of rotatable bonds is 1. The zero-order valence-electron chi connectivity index (χ0n) is 13.1. The summed E-state index contributed by atoms with van der Waals surface area (Å²) in [5, 5.41) is 0. The van der Waals surface area contributed by atoms with Gasteiger partial charge in [0.15, 0.2) is 0 Å². The minimum Gasteiger partial charge on any atom is -0.444 e. The highest BCUT2D eigenvalue weighted by Crippen LogP contribution is 2.27. The van der Waals surface area contributed by atoms with Crippen molar-refractivity contribution in [2.45, 2.75) is 38.7 Å². The van der Waals surface area contributed by atoms with Crippen molar-refractivity contribution in [2.75, 3.05) is 13.1 Å². The number of hydrogen-bond acceptors (Lipinski definition) is 3. The number of amides is 1. The summed E-state index contributed by atoms with van der Waals surface area (Å²) in [7, 11) is 0. The summed E-state index contributed by atoms with van der Waals surface area (Å²) in [5.74, 6) is 0.139. The molecule has 0 bridgehead atoms. The highest BCUT2D eigenvalue weighted by Gasteiger charge is 2.31. The van der Waals surface area contributed by atoms with Crippen LogP contribution in [-0.4, -0.2) is 39.1 Å². The van der Waals surface area contributed by atoms with Gasteiger partial charge in [-0.15, -0.1) is 0 Å². The van der Waals surface area contributed by atoms with Crippen LogP contribution in [-0.2, 0) is 4.74 Å². The lowest BCUT2D eigenvalue weighted by atomic mass is 10.0. The number of carbonyl (C=O) groups excluding carboxylic acids is 1. The predicted molar refractivity (Wildman–Crippen MR) is 83.2 cm³/mol. The average molecular weight is 303 g/mol. The summed E-state index contributed by atoms with van der Waals surface area (Å²) in [6.45, 7) is 6.79. The Hall–Kier alpha value is -2.24. The van der Waals surface area contributed by atoms with Crippen LogP contribution in [0.15, 0.2) is 29.2 Å². The van der Waals surface area contributed by atoms with E-state index < -0.39 is 5.60 Å². The first-order chi connectivity index (χ1) is 10.3. The number of aromatic nitrogens is 2. The van der Waals surface area contributed by atoms with Crippen molar-refractivity contribution in [2.24, 2.45) is 0 Å². The molecule has 3 heterocycles. The van der Waals surface area contributed by atoms with Gasteiger partial charge in [0.25, 0.3) is 0 Å². The van der Waals surface area contributed by atoms with Crippen LogP contribution in [0.5, 0.6) is 0 Å². The molecule has 1 unspecified atom stereocenters. The van der Waals surface area contributed by atoms with Gasteiger partial charge in [-0.05, 0) is 45.4 Å². The largest absolute Gasteiger partial charge is 0.444 e. The van der Waals surface area contributed by atoms with Crippen molar-refractivity contribution in [1.29, 1.82) is 0 Å². The molecule has 22 heavy (non-hydrogen) atoms. The van der Waals surface area contributed by atoms with Crippen LogP contribution in [0.1, 0.15) is 38.8 Å². The number of nitrogens with one attached hydrogen (secondary N) is 1. The maximum absolute atomic E-state index is 12.1. The molecule has 1 aliphatic heterocycles. The van der Waals surface area contributed by atoms with Crippen LogP contribution >= 0.6 is 0 Å². The molecule has 0 saturated carbocycles. The van der Waals surface area contributed by atoms with E-state index in [-0.39, 0.29) is 17.7 Å². The maximum Gasteiger partial charge on any atom is 0.410 e. The van der Waals surface area contributed by atoms with Crippen LogP contribution < -0.4 is 5.69 Å². The van der Waals surface area contributed by atoms with Crippen molar-refractivity contribution in [3.05, 3.63) is 40.6 Å². The lowest BCUT2D eigenvalue weighted by Gasteiger charge is -2.24. The van der Waals surface area contributed by atoms with Gasteiger partial charge in [-0.3, -0.25) is 4.40 Å². The average Bonchev–Trinajstić information content (AvgIpc) is 3.05. The molecule has 1 saturated heterocycles. The SMILES string of the molecule is CC(C)(C)OC(=O)N1CCC(c2cc3cccn3c(=O)[nH]2)C1. The Kier molecular flexibility index (Phi) is 3.47. The Morgan fingerprint density at radius 2 is 2.18 bits per heavy atom. The van der Waals surface area contributed by atoms with Crippen molar-refractivity contribution < 1.29 is 9.53 Å². The Balaban J connectivity index is 1.76. The molecule has 1 fully saturated rings. The highest BCUT2D eigenvalue weighted by molar-refractivity contribution is 5.68. The van der Waals surface area contributed by atoms with Crippen LogP contribution in [0, 0.1) is 0 Å². The second-order valence-corrected chi connectivity index (χ2v) is 6.74. The molecular formula is C16H21N3O3. The van der Waals surface area contributed by atoms with Crippen molar-refractivity contribution >= 4 is 11.6 Å². The smallest absolute Gasteiger partial charge is 0.410 e. The zero-order valence-corrected chi connectivity index (χ0v) is 13.1. The first-order valence-electron chi connectivity index (χ1n) is 7.52. The lowest BCUT2D eigenvalue weighted by molar-refractivity contribution is 0.0292. The van der Waals surface area contributed by atoms with Crippen LogP contribution in [0.2, 0.25) is 0 Å². The van der Waals surface area contributed by atoms with Gasteiger partial charge in [0, 0.05) is 30.9 Å². The van der Waals surface area contributed by atoms with E-state index in [0.29, 0.717) is 13.1 Å². The fraction of sp³-hybridized carbons (Fsp3) is 0.500. The summed E-state index contributed by atoms with van der Waals surface area (Å²) in [6.07, 6.45) is 2.27. The van der Waals surface area contributed by atoms with E-state index in [1.54, 1.807) is 15.5 Å². The highest BCUT2D eigenvalue weighted by atomic mass is 16.6. The van der Waals surface area contributed by atoms with Gasteiger partial charge in [-0.2, -0.15) is 0 Å². The summed E-state index contributed by atoms with van der Waals surface area (Å²) in [4.78, 5) is 28.7. The number of ether oxygens (including phenoxy) is 1. The van der Waals surface area contributed by atoms with Crippen LogP contribution in [0.4, 0.5) is 4.79 Å². The van der Waals surface area contributed by atoms with Crippen LogP contribution in [0.25, 0.3) is 5.52 Å². The van der Waals surface area contributed by atoms with Gasteiger partial charge in [0.2, 0.25) is 0 Å². The van der Waals surface area contributed by atoms with E-state index in [1.807, 2.05) is 39.0 Å². The van der Waals surface area contributed by atoms with E-state index in [9.17, 15) is 9.59 Å². The third-order valence-corrected chi connectivity index (χ3v) is 3.83. The molecule has 0 spiro atoms. The van der Waals surface area contributed by atoms with Gasteiger partial charge >= 0.3 is 11.8 Å². The van der Waals surface area contributed by atoms with E-state index in [1.165, 1.54) is 0 Å². The van der Waals surface area contributed by atoms with E-state index in [2.05, 4.69) is 4.98 Å². The molecule has 1 N–H and O–H groups in total. The Morgan fingerprint density at radius 3 is 2.91 bits per heavy atom. The molecule has 1 atom stereocenters. The van der Waals surface area contributed by atoms with E-state index in [4.69, 9.17) is 4.74 Å². The molecule has 1 amide bonds. The maximum atomic E-state index is 12.1. The van der Waals surface area contributed by atoms with Crippen molar-refractivity contribution in [1.82, 2.24) is 14.3 Å². The predicted octanol–water partition coefficient (Wildman–Crippen LogP) is 2.35. The summed E-state index contributed by atoms with van der Waals surface area (Å²) < 4.78 is 6.97. The number of carbonyl (C=O) groups is 1. The monoisotopic (exact) mass is 303 g/mol. The fourth-order valence-electron chi connectivity index (χ4n) is 2.80. The van der Waals surface area contributed by atoms with Gasteiger partial charge in [0.1, 0.15) is 5.60 Å². The van der Waals surface area contributed by atoms with Crippen molar-refractivity contribution in [3.8, 4) is 0 Å². The second kappa shape index (κ2) is 5.19. The third-order valence-electron chi connectivity index (χ3n) is 3.83. The Labute approximate surface area is 128 Å². The molecule has 6 heteroatoms. The molecule has 0 aliphatic carbocycles. The third kappa shape index (κ3) is 2.86. The number of aromatic amines is 1. The van der Waals surface area contributed by atoms with Gasteiger partial charge < -0.3 is 14.6 Å². The zero-order chi connectivity index (χ0) is 15.9. The first kappa shape index (κ1) is 14.7. The Morgan fingerprint density at radius 1 is 1.41 bits per heavy atom.